The van der Waals surface area contributed by atoms with E-state index in [1.807, 2.05) is 0 Å². The van der Waals surface area contributed by atoms with Gasteiger partial charge in [0.25, 0.3) is 0 Å². The summed E-state index contributed by atoms with van der Waals surface area (Å²) >= 11 is 0. The lowest BCUT2D eigenvalue weighted by Crippen LogP contribution is -2.18. The Bertz CT molecular complexity index is 734. The Balaban J connectivity index is 0.00000338. The van der Waals surface area contributed by atoms with Gasteiger partial charge in [-0.2, -0.15) is 0 Å². The summed E-state index contributed by atoms with van der Waals surface area (Å²) in [4.78, 5) is 0. The molecule has 144 valence electrons. The lowest BCUT2D eigenvalue weighted by molar-refractivity contribution is -0.275. The molecule has 2 rings (SSSR count). The highest BCUT2D eigenvalue weighted by Gasteiger charge is 2.33. The molecular weight excluding hydrogens is 392 g/mol. The summed E-state index contributed by atoms with van der Waals surface area (Å²) in [5.41, 5.74) is 6.02. The predicted octanol–water partition coefficient (Wildman–Crippen LogP) is 4.66. The van der Waals surface area contributed by atoms with E-state index in [9.17, 15) is 31.4 Å². The number of benzene rings is 2. The molecule has 1 atom stereocenters. The Kier molecular flexibility index (Phi) is 6.61. The third-order valence-corrected chi connectivity index (χ3v) is 3.06. The van der Waals surface area contributed by atoms with Gasteiger partial charge in [-0.05, 0) is 23.8 Å². The van der Waals surface area contributed by atoms with Gasteiger partial charge in [0.2, 0.25) is 0 Å². The smallest absolute Gasteiger partial charge is 0.504 e. The van der Waals surface area contributed by atoms with E-state index < -0.39 is 36.0 Å². The Morgan fingerprint density at radius 2 is 1.38 bits per heavy atom. The number of halogens is 7. The van der Waals surface area contributed by atoms with E-state index in [0.29, 0.717) is 0 Å². The van der Waals surface area contributed by atoms with E-state index >= 15 is 0 Å². The molecule has 3 N–H and O–H groups in total. The van der Waals surface area contributed by atoms with Crippen molar-refractivity contribution >= 4 is 12.4 Å². The lowest BCUT2D eigenvalue weighted by atomic mass is 9.98. The molecule has 0 bridgehead atoms. The number of phenols is 1. The van der Waals surface area contributed by atoms with Crippen LogP contribution in [0.5, 0.6) is 17.2 Å². The Labute approximate surface area is 149 Å². The van der Waals surface area contributed by atoms with Crippen molar-refractivity contribution in [3.05, 3.63) is 53.6 Å². The standard InChI is InChI=1S/C15H11F6NO3.ClH/c16-14(17,18)24-9-6-4-8(5-7-9)12(22)10-2-1-3-11(13(10)23)25-15(19,20)21;/h1-7,12,23H,22H2;1H/t12-;/m0./s1. The highest BCUT2D eigenvalue weighted by atomic mass is 35.5. The molecule has 0 aliphatic rings. The zero-order valence-corrected chi connectivity index (χ0v) is 13.5. The zero-order valence-electron chi connectivity index (χ0n) is 12.6. The molecule has 0 saturated heterocycles. The number of hydrogen-bond donors (Lipinski definition) is 2. The van der Waals surface area contributed by atoms with E-state index in [-0.39, 0.29) is 23.5 Å². The Hall–Kier alpha value is -2.33. The average molecular weight is 404 g/mol. The van der Waals surface area contributed by atoms with Crippen LogP contribution in [-0.4, -0.2) is 17.8 Å². The molecule has 0 aliphatic heterocycles. The van der Waals surface area contributed by atoms with Crippen molar-refractivity contribution in [1.82, 2.24) is 0 Å². The van der Waals surface area contributed by atoms with Gasteiger partial charge in [0.1, 0.15) is 5.75 Å². The van der Waals surface area contributed by atoms with Crippen molar-refractivity contribution in [3.63, 3.8) is 0 Å². The van der Waals surface area contributed by atoms with Crippen molar-refractivity contribution < 1.29 is 40.9 Å². The van der Waals surface area contributed by atoms with Gasteiger partial charge in [-0.25, -0.2) is 0 Å². The van der Waals surface area contributed by atoms with Crippen LogP contribution in [0.2, 0.25) is 0 Å². The number of phenolic OH excluding ortho intramolecular Hbond substituents is 1. The quantitative estimate of drug-likeness (QED) is 0.729. The molecule has 0 fully saturated rings. The number of alkyl halides is 6. The first-order chi connectivity index (χ1) is 11.5. The number of hydrogen-bond acceptors (Lipinski definition) is 4. The minimum absolute atomic E-state index is 0. The molecule has 4 nitrogen and oxygen atoms in total. The Morgan fingerprint density at radius 1 is 0.846 bits per heavy atom. The van der Waals surface area contributed by atoms with Gasteiger partial charge in [0, 0.05) is 5.56 Å². The number of rotatable bonds is 4. The maximum atomic E-state index is 12.3. The van der Waals surface area contributed by atoms with Gasteiger partial charge in [0.15, 0.2) is 11.5 Å². The molecule has 0 heterocycles. The van der Waals surface area contributed by atoms with Crippen LogP contribution in [0.1, 0.15) is 17.2 Å². The Morgan fingerprint density at radius 3 is 1.88 bits per heavy atom. The molecule has 2 aromatic carbocycles. The fraction of sp³-hybridized carbons (Fsp3) is 0.200. The summed E-state index contributed by atoms with van der Waals surface area (Å²) < 4.78 is 80.6. The number of aromatic hydroxyl groups is 1. The number of nitrogens with two attached hydrogens (primary N) is 1. The average Bonchev–Trinajstić information content (AvgIpc) is 2.46. The van der Waals surface area contributed by atoms with Gasteiger partial charge in [-0.15, -0.1) is 38.7 Å². The van der Waals surface area contributed by atoms with Crippen LogP contribution in [-0.2, 0) is 0 Å². The van der Waals surface area contributed by atoms with Crippen LogP contribution in [0.15, 0.2) is 42.5 Å². The van der Waals surface area contributed by atoms with Gasteiger partial charge >= 0.3 is 12.7 Å². The van der Waals surface area contributed by atoms with Crippen LogP contribution < -0.4 is 15.2 Å². The molecular formula is C15H12ClF6NO3. The first kappa shape index (κ1) is 21.7. The fourth-order valence-electron chi connectivity index (χ4n) is 2.05. The molecule has 0 unspecified atom stereocenters. The second-order valence-corrected chi connectivity index (χ2v) is 4.84. The SMILES string of the molecule is Cl.N[C@@H](c1ccc(OC(F)(F)F)cc1)c1cccc(OC(F)(F)F)c1O. The van der Waals surface area contributed by atoms with Crippen LogP contribution >= 0.6 is 12.4 Å². The second kappa shape index (κ2) is 7.92. The van der Waals surface area contributed by atoms with Crippen LogP contribution in [0, 0.1) is 0 Å². The third-order valence-electron chi connectivity index (χ3n) is 3.06. The molecule has 26 heavy (non-hydrogen) atoms. The van der Waals surface area contributed by atoms with Crippen molar-refractivity contribution in [2.24, 2.45) is 5.73 Å². The maximum Gasteiger partial charge on any atom is 0.573 e. The monoisotopic (exact) mass is 403 g/mol. The molecule has 0 radical (unpaired) electrons. The molecule has 0 spiro atoms. The van der Waals surface area contributed by atoms with Crippen molar-refractivity contribution in [2.45, 2.75) is 18.8 Å². The molecule has 0 aromatic heterocycles. The summed E-state index contributed by atoms with van der Waals surface area (Å²) in [5.74, 6) is -2.14. The first-order valence-electron chi connectivity index (χ1n) is 6.65. The van der Waals surface area contributed by atoms with Crippen molar-refractivity contribution in [2.75, 3.05) is 0 Å². The zero-order chi connectivity index (χ0) is 18.8. The van der Waals surface area contributed by atoms with Crippen molar-refractivity contribution in [1.29, 1.82) is 0 Å². The fourth-order valence-corrected chi connectivity index (χ4v) is 2.05. The van der Waals surface area contributed by atoms with Gasteiger partial charge in [-0.1, -0.05) is 24.3 Å². The molecule has 0 saturated carbocycles. The van der Waals surface area contributed by atoms with E-state index in [4.69, 9.17) is 5.73 Å². The predicted molar refractivity (Wildman–Crippen MR) is 81.2 cm³/mol. The summed E-state index contributed by atoms with van der Waals surface area (Å²) in [5, 5.41) is 9.91. The molecule has 2 aromatic rings. The van der Waals surface area contributed by atoms with Crippen LogP contribution in [0.4, 0.5) is 26.3 Å². The summed E-state index contributed by atoms with van der Waals surface area (Å²) in [6, 6.07) is 6.65. The summed E-state index contributed by atoms with van der Waals surface area (Å²) in [6.07, 6.45) is -9.86. The second-order valence-electron chi connectivity index (χ2n) is 4.84. The van der Waals surface area contributed by atoms with Gasteiger partial charge in [-0.3, -0.25) is 0 Å². The van der Waals surface area contributed by atoms with Gasteiger partial charge in [0.05, 0.1) is 6.04 Å². The largest absolute Gasteiger partial charge is 0.573 e. The summed E-state index contributed by atoms with van der Waals surface area (Å²) in [6.45, 7) is 0. The van der Waals surface area contributed by atoms with E-state index in [1.165, 1.54) is 24.3 Å². The van der Waals surface area contributed by atoms with E-state index in [2.05, 4.69) is 9.47 Å². The highest BCUT2D eigenvalue weighted by molar-refractivity contribution is 5.85. The van der Waals surface area contributed by atoms with Crippen LogP contribution in [0.25, 0.3) is 0 Å². The van der Waals surface area contributed by atoms with Crippen LogP contribution in [0.3, 0.4) is 0 Å². The first-order valence-corrected chi connectivity index (χ1v) is 6.65. The third kappa shape index (κ3) is 5.88. The van der Waals surface area contributed by atoms with E-state index in [0.717, 1.165) is 18.2 Å². The van der Waals surface area contributed by atoms with Gasteiger partial charge < -0.3 is 20.3 Å². The minimum atomic E-state index is -5.00. The number of para-hydroxylation sites is 1. The molecule has 11 heteroatoms. The molecule has 0 amide bonds. The number of ether oxygens (including phenoxy) is 2. The lowest BCUT2D eigenvalue weighted by Gasteiger charge is -2.18. The van der Waals surface area contributed by atoms with E-state index in [1.54, 1.807) is 0 Å². The summed E-state index contributed by atoms with van der Waals surface area (Å²) in [7, 11) is 0. The topological polar surface area (TPSA) is 64.7 Å². The molecule has 0 aliphatic carbocycles. The minimum Gasteiger partial charge on any atom is -0.504 e. The maximum absolute atomic E-state index is 12.3. The normalized spacial score (nSPS) is 12.9. The highest BCUT2D eigenvalue weighted by Crippen LogP contribution is 2.38. The van der Waals surface area contributed by atoms with Crippen molar-refractivity contribution in [3.8, 4) is 17.2 Å².